The molecule has 0 aliphatic heterocycles. The zero-order chi connectivity index (χ0) is 8.78. The molecule has 0 bridgehead atoms. The van der Waals surface area contributed by atoms with Crippen molar-refractivity contribution in [1.29, 1.82) is 0 Å². The zero-order valence-electron chi connectivity index (χ0n) is 7.26. The van der Waals surface area contributed by atoms with Crippen LogP contribution in [0.15, 0.2) is 0 Å². The molecular weight excluding hydrogens is 255 g/mol. The quantitative estimate of drug-likeness (QED) is 0.416. The first-order valence-corrected chi connectivity index (χ1v) is 14.9. The summed E-state index contributed by atoms with van der Waals surface area (Å²) in [5.74, 6) is -0.381. The van der Waals surface area contributed by atoms with Gasteiger partial charge in [-0.15, -0.1) is 0 Å². The summed E-state index contributed by atoms with van der Waals surface area (Å²) >= 11 is 1.99. The van der Waals surface area contributed by atoms with Gasteiger partial charge < -0.3 is 4.18 Å². The van der Waals surface area contributed by atoms with E-state index >= 15 is 0 Å². The number of hydrogen-bond donors (Lipinski definition) is 1. The summed E-state index contributed by atoms with van der Waals surface area (Å²) in [4.78, 5) is 19.1. The molecule has 0 aliphatic carbocycles. The fourth-order valence-electron chi connectivity index (χ4n) is 0. The van der Waals surface area contributed by atoms with Crippen LogP contribution >= 0.6 is 12.9 Å². The first kappa shape index (κ1) is 13.2. The molecule has 0 atom stereocenters. The van der Waals surface area contributed by atoms with Gasteiger partial charge in [-0.25, -0.2) is 0 Å². The van der Waals surface area contributed by atoms with Crippen LogP contribution in [0.3, 0.4) is 0 Å². The first-order valence-electron chi connectivity index (χ1n) is 3.09. The number of carbonyl (C=O) groups excluding carboxylic acids is 1. The molecule has 2 nitrogen and oxygen atoms in total. The molecule has 0 rings (SSSR count). The number of thiol groups is 1. The zero-order valence-corrected chi connectivity index (χ0v) is 11.0. The van der Waals surface area contributed by atoms with E-state index in [1.165, 1.54) is 6.92 Å². The molecule has 0 aromatic heterocycles. The Morgan fingerprint density at radius 3 is 1.40 bits per heavy atom. The second kappa shape index (κ2) is 6.34. The van der Waals surface area contributed by atoms with E-state index in [0.717, 1.165) is 0 Å². The molecule has 0 spiro atoms. The third-order valence-electron chi connectivity index (χ3n) is 0.129. The van der Waals surface area contributed by atoms with Crippen LogP contribution in [-0.2, 0) is 8.98 Å². The molecule has 0 unspecified atom stereocenters. The molecule has 0 fully saturated rings. The maximum absolute atomic E-state index is 9.51. The Bertz CT molecular complexity index is 92.4. The topological polar surface area (TPSA) is 26.3 Å². The molecule has 0 saturated carbocycles. The van der Waals surface area contributed by atoms with E-state index < -0.39 is 18.4 Å². The summed E-state index contributed by atoms with van der Waals surface area (Å²) in [5, 5.41) is 0. The normalized spacial score (nSPS) is 9.40. The van der Waals surface area contributed by atoms with Crippen LogP contribution < -0.4 is 0 Å². The second-order valence-electron chi connectivity index (χ2n) is 3.58. The number of hydrogen-bond acceptors (Lipinski definition) is 3. The summed E-state index contributed by atoms with van der Waals surface area (Å²) in [6.45, 7) is 1.28. The Labute approximate surface area is 72.8 Å². The fraction of sp³-hybridized carbons (Fsp3) is 0.833. The SMILES string of the molecule is CC(=O)OS.[CH3][Sn]([CH3])([CH3])[CH3]. The molecule has 0 radical (unpaired) electrons. The third kappa shape index (κ3) is 73.0. The van der Waals surface area contributed by atoms with Gasteiger partial charge >= 0.3 is 44.1 Å². The Morgan fingerprint density at radius 2 is 1.40 bits per heavy atom. The molecule has 10 heavy (non-hydrogen) atoms. The van der Waals surface area contributed by atoms with Crippen LogP contribution in [0, 0.1) is 0 Å². The minimum atomic E-state index is -1.18. The van der Waals surface area contributed by atoms with Gasteiger partial charge in [-0.1, -0.05) is 0 Å². The fourth-order valence-corrected chi connectivity index (χ4v) is 0. The Morgan fingerprint density at radius 1 is 1.30 bits per heavy atom. The molecule has 0 N–H and O–H groups in total. The monoisotopic (exact) mass is 272 g/mol. The molecule has 0 aromatic rings. The third-order valence-corrected chi connectivity index (χ3v) is 0.386. The predicted octanol–water partition coefficient (Wildman–Crippen LogP) is 2.35. The molecule has 0 aromatic carbocycles. The Kier molecular flexibility index (Phi) is 8.38. The van der Waals surface area contributed by atoms with Crippen LogP contribution in [0.5, 0.6) is 0 Å². The van der Waals surface area contributed by atoms with Gasteiger partial charge in [-0.2, -0.15) is 0 Å². The van der Waals surface area contributed by atoms with Crippen molar-refractivity contribution in [3.05, 3.63) is 0 Å². The molecule has 0 heterocycles. The maximum atomic E-state index is 9.51. The summed E-state index contributed by atoms with van der Waals surface area (Å²) in [6.07, 6.45) is 0. The second-order valence-corrected chi connectivity index (χ2v) is 20.9. The summed E-state index contributed by atoms with van der Waals surface area (Å²) < 4.78 is 3.81. The molecule has 0 amide bonds. The Hall–Kier alpha value is 0.619. The van der Waals surface area contributed by atoms with E-state index in [1.807, 2.05) is 0 Å². The van der Waals surface area contributed by atoms with Gasteiger partial charge in [0, 0.05) is 19.8 Å². The van der Waals surface area contributed by atoms with E-state index in [1.54, 1.807) is 0 Å². The summed E-state index contributed by atoms with van der Waals surface area (Å²) in [6, 6.07) is 0. The van der Waals surface area contributed by atoms with E-state index in [0.29, 0.717) is 0 Å². The van der Waals surface area contributed by atoms with Gasteiger partial charge in [-0.3, -0.25) is 4.79 Å². The van der Waals surface area contributed by atoms with Gasteiger partial charge in [0.1, 0.15) is 0 Å². The summed E-state index contributed by atoms with van der Waals surface area (Å²) in [5.41, 5.74) is 0. The molecule has 0 aliphatic rings. The van der Waals surface area contributed by atoms with Gasteiger partial charge in [0.2, 0.25) is 0 Å². The molecule has 4 heteroatoms. The van der Waals surface area contributed by atoms with Gasteiger partial charge in [0.15, 0.2) is 0 Å². The standard InChI is InChI=1S/C2H4O2S.4CH3.Sn/c1-2(3)4-5;;;;;/h5H,1H3;4*1H3;. The Balaban J connectivity index is 0. The van der Waals surface area contributed by atoms with Gasteiger partial charge in [-0.05, 0) is 0 Å². The van der Waals surface area contributed by atoms with Gasteiger partial charge in [0.25, 0.3) is 0 Å². The van der Waals surface area contributed by atoms with Crippen molar-refractivity contribution >= 4 is 37.3 Å². The van der Waals surface area contributed by atoms with E-state index in [9.17, 15) is 4.79 Å². The average molecular weight is 271 g/mol. The van der Waals surface area contributed by atoms with E-state index in [4.69, 9.17) is 0 Å². The number of rotatable bonds is 0. The van der Waals surface area contributed by atoms with Crippen molar-refractivity contribution in [3.63, 3.8) is 0 Å². The number of carbonyl (C=O) groups is 1. The van der Waals surface area contributed by atoms with Crippen molar-refractivity contribution < 1.29 is 8.98 Å². The van der Waals surface area contributed by atoms with E-state index in [-0.39, 0.29) is 5.97 Å². The van der Waals surface area contributed by atoms with Crippen LogP contribution in [-0.4, -0.2) is 24.3 Å². The molecule has 0 saturated heterocycles. The van der Waals surface area contributed by atoms with Crippen molar-refractivity contribution in [2.45, 2.75) is 26.7 Å². The van der Waals surface area contributed by atoms with Crippen molar-refractivity contribution in [1.82, 2.24) is 0 Å². The van der Waals surface area contributed by atoms with Crippen LogP contribution in [0.4, 0.5) is 0 Å². The average Bonchev–Trinajstić information content (AvgIpc) is 1.61. The first-order chi connectivity index (χ1) is 4.27. The van der Waals surface area contributed by atoms with Crippen LogP contribution in [0.2, 0.25) is 19.8 Å². The van der Waals surface area contributed by atoms with Crippen molar-refractivity contribution in [2.75, 3.05) is 0 Å². The summed E-state index contributed by atoms with van der Waals surface area (Å²) in [7, 11) is 0. The molecular formula is C6H16O2SSn. The van der Waals surface area contributed by atoms with E-state index in [2.05, 4.69) is 36.9 Å². The van der Waals surface area contributed by atoms with Crippen LogP contribution in [0.1, 0.15) is 6.92 Å². The van der Waals surface area contributed by atoms with Crippen molar-refractivity contribution in [3.8, 4) is 0 Å². The van der Waals surface area contributed by atoms with Gasteiger partial charge in [0.05, 0.1) is 0 Å². The predicted molar refractivity (Wildman–Crippen MR) is 50.0 cm³/mol. The van der Waals surface area contributed by atoms with Crippen molar-refractivity contribution in [2.24, 2.45) is 0 Å². The van der Waals surface area contributed by atoms with Crippen LogP contribution in [0.25, 0.3) is 0 Å². The molecule has 62 valence electrons. The minimum absolute atomic E-state index is 0.381.